The van der Waals surface area contributed by atoms with E-state index in [1.54, 1.807) is 13.1 Å². The van der Waals surface area contributed by atoms with E-state index in [0.29, 0.717) is 12.4 Å². The summed E-state index contributed by atoms with van der Waals surface area (Å²) < 4.78 is 5.55. The van der Waals surface area contributed by atoms with Gasteiger partial charge < -0.3 is 4.42 Å². The highest BCUT2D eigenvalue weighted by atomic mass is 32.2. The molecule has 1 fully saturated rings. The molecule has 0 N–H and O–H groups in total. The molecule has 1 saturated heterocycles. The zero-order valence-electron chi connectivity index (χ0n) is 12.1. The second-order valence-electron chi connectivity index (χ2n) is 5.14. The smallest absolute Gasteiger partial charge is 0.302 e. The molecule has 116 valence electrons. The molecule has 0 unspecified atom stereocenters. The molecule has 0 amide bonds. The van der Waals surface area contributed by atoms with Crippen molar-refractivity contribution in [3.05, 3.63) is 33.8 Å². The van der Waals surface area contributed by atoms with Crippen LogP contribution in [-0.2, 0) is 6.54 Å². The van der Waals surface area contributed by atoms with E-state index in [4.69, 9.17) is 4.42 Å². The lowest BCUT2D eigenvalue weighted by molar-refractivity contribution is -0.388. The standard InChI is InChI=1S/C13H15N5O3S/c1-9-6-10(18(19)20)12(14-7-9)22-13-16-15-11(21-13)8-17-4-2-3-5-17/h6-7H,2-5,8H2,1H3. The van der Waals surface area contributed by atoms with Gasteiger partial charge in [0.05, 0.1) is 11.5 Å². The first kappa shape index (κ1) is 14.9. The summed E-state index contributed by atoms with van der Waals surface area (Å²) in [5, 5.41) is 19.5. The van der Waals surface area contributed by atoms with Crippen LogP contribution in [-0.4, -0.2) is 38.1 Å². The zero-order chi connectivity index (χ0) is 15.5. The van der Waals surface area contributed by atoms with Gasteiger partial charge in [0, 0.05) is 12.3 Å². The summed E-state index contributed by atoms with van der Waals surface area (Å²) in [5.74, 6) is 0.527. The van der Waals surface area contributed by atoms with E-state index in [-0.39, 0.29) is 15.9 Å². The van der Waals surface area contributed by atoms with Crippen LogP contribution in [0.15, 0.2) is 26.9 Å². The van der Waals surface area contributed by atoms with Gasteiger partial charge in [-0.15, -0.1) is 10.2 Å². The van der Waals surface area contributed by atoms with Crippen LogP contribution in [0.3, 0.4) is 0 Å². The summed E-state index contributed by atoms with van der Waals surface area (Å²) in [7, 11) is 0. The Kier molecular flexibility index (Phi) is 4.34. The molecule has 8 nitrogen and oxygen atoms in total. The first-order valence-corrected chi connectivity index (χ1v) is 7.77. The Balaban J connectivity index is 1.73. The molecule has 3 rings (SSSR count). The van der Waals surface area contributed by atoms with Crippen LogP contribution < -0.4 is 0 Å². The van der Waals surface area contributed by atoms with E-state index in [1.165, 1.54) is 18.9 Å². The van der Waals surface area contributed by atoms with Crippen LogP contribution in [0.2, 0.25) is 0 Å². The quantitative estimate of drug-likeness (QED) is 0.611. The normalized spacial score (nSPS) is 15.3. The van der Waals surface area contributed by atoms with Gasteiger partial charge in [0.1, 0.15) is 0 Å². The molecule has 0 aliphatic carbocycles. The number of pyridine rings is 1. The number of nitro groups is 1. The van der Waals surface area contributed by atoms with Crippen molar-refractivity contribution in [1.82, 2.24) is 20.1 Å². The summed E-state index contributed by atoms with van der Waals surface area (Å²) in [6.07, 6.45) is 3.96. The van der Waals surface area contributed by atoms with E-state index in [0.717, 1.165) is 30.4 Å². The van der Waals surface area contributed by atoms with Crippen molar-refractivity contribution < 1.29 is 9.34 Å². The lowest BCUT2D eigenvalue weighted by Gasteiger charge is -2.10. The molecule has 0 atom stereocenters. The van der Waals surface area contributed by atoms with Gasteiger partial charge in [0.2, 0.25) is 5.89 Å². The van der Waals surface area contributed by atoms with Gasteiger partial charge >= 0.3 is 5.69 Å². The summed E-state index contributed by atoms with van der Waals surface area (Å²) in [6.45, 7) is 4.46. The maximum Gasteiger partial charge on any atom is 0.302 e. The molecule has 0 bridgehead atoms. The summed E-state index contributed by atoms with van der Waals surface area (Å²) in [4.78, 5) is 17.0. The number of aryl methyl sites for hydroxylation is 1. The van der Waals surface area contributed by atoms with Crippen molar-refractivity contribution in [2.24, 2.45) is 0 Å². The third-order valence-electron chi connectivity index (χ3n) is 3.36. The van der Waals surface area contributed by atoms with E-state index in [9.17, 15) is 10.1 Å². The Morgan fingerprint density at radius 1 is 1.41 bits per heavy atom. The molecular formula is C13H15N5O3S. The Labute approximate surface area is 131 Å². The van der Waals surface area contributed by atoms with Crippen molar-refractivity contribution >= 4 is 17.4 Å². The predicted octanol–water partition coefficient (Wildman–Crippen LogP) is 2.43. The number of rotatable bonds is 5. The molecular weight excluding hydrogens is 306 g/mol. The molecule has 0 saturated carbocycles. The SMILES string of the molecule is Cc1cnc(Sc2nnc(CN3CCCC3)o2)c([N+](=O)[O-])c1. The number of nitrogens with zero attached hydrogens (tertiary/aromatic N) is 5. The largest absolute Gasteiger partial charge is 0.414 e. The zero-order valence-corrected chi connectivity index (χ0v) is 12.9. The highest BCUT2D eigenvalue weighted by Crippen LogP contribution is 2.32. The van der Waals surface area contributed by atoms with E-state index < -0.39 is 4.92 Å². The number of hydrogen-bond acceptors (Lipinski definition) is 8. The molecule has 22 heavy (non-hydrogen) atoms. The number of aromatic nitrogens is 3. The molecule has 0 spiro atoms. The lowest BCUT2D eigenvalue weighted by Crippen LogP contribution is -2.18. The molecule has 0 aromatic carbocycles. The molecule has 1 aliphatic rings. The van der Waals surface area contributed by atoms with Gasteiger partial charge in [0.25, 0.3) is 5.22 Å². The van der Waals surface area contributed by atoms with Gasteiger partial charge in [-0.25, -0.2) is 4.98 Å². The Hall–Kier alpha value is -2.00. The fraction of sp³-hybridized carbons (Fsp3) is 0.462. The van der Waals surface area contributed by atoms with Crippen molar-refractivity contribution in [3.63, 3.8) is 0 Å². The Morgan fingerprint density at radius 3 is 2.91 bits per heavy atom. The van der Waals surface area contributed by atoms with Crippen LogP contribution in [0.4, 0.5) is 5.69 Å². The minimum absolute atomic E-state index is 0.0516. The Morgan fingerprint density at radius 2 is 2.18 bits per heavy atom. The first-order valence-electron chi connectivity index (χ1n) is 6.95. The van der Waals surface area contributed by atoms with Crippen LogP contribution >= 0.6 is 11.8 Å². The molecule has 1 aliphatic heterocycles. The second-order valence-corrected chi connectivity index (χ2v) is 6.08. The first-order chi connectivity index (χ1) is 10.6. The molecule has 2 aromatic heterocycles. The van der Waals surface area contributed by atoms with Crippen molar-refractivity contribution in [2.45, 2.75) is 36.6 Å². The minimum Gasteiger partial charge on any atom is -0.414 e. The fourth-order valence-electron chi connectivity index (χ4n) is 2.31. The van der Waals surface area contributed by atoms with Crippen molar-refractivity contribution in [3.8, 4) is 0 Å². The van der Waals surface area contributed by atoms with Gasteiger partial charge in [-0.2, -0.15) is 0 Å². The predicted molar refractivity (Wildman–Crippen MR) is 78.6 cm³/mol. The van der Waals surface area contributed by atoms with Gasteiger partial charge in [-0.05, 0) is 50.2 Å². The topological polar surface area (TPSA) is 98.2 Å². The van der Waals surface area contributed by atoms with Crippen LogP contribution in [0.25, 0.3) is 0 Å². The molecule has 0 radical (unpaired) electrons. The number of likely N-dealkylation sites (tertiary alicyclic amines) is 1. The van der Waals surface area contributed by atoms with Gasteiger partial charge in [-0.3, -0.25) is 15.0 Å². The molecule has 2 aromatic rings. The maximum absolute atomic E-state index is 11.1. The van der Waals surface area contributed by atoms with Crippen LogP contribution in [0.5, 0.6) is 0 Å². The minimum atomic E-state index is -0.455. The number of hydrogen-bond donors (Lipinski definition) is 0. The molecule has 9 heteroatoms. The molecule has 3 heterocycles. The van der Waals surface area contributed by atoms with E-state index in [2.05, 4.69) is 20.1 Å². The fourth-order valence-corrected chi connectivity index (χ4v) is 3.04. The monoisotopic (exact) mass is 321 g/mol. The summed E-state index contributed by atoms with van der Waals surface area (Å²) >= 11 is 1.02. The van der Waals surface area contributed by atoms with Crippen molar-refractivity contribution in [1.29, 1.82) is 0 Å². The summed E-state index contributed by atoms with van der Waals surface area (Å²) in [6, 6.07) is 1.48. The van der Waals surface area contributed by atoms with Crippen molar-refractivity contribution in [2.75, 3.05) is 13.1 Å². The van der Waals surface area contributed by atoms with Crippen LogP contribution in [0, 0.1) is 17.0 Å². The van der Waals surface area contributed by atoms with Gasteiger partial charge in [0.15, 0.2) is 5.03 Å². The highest BCUT2D eigenvalue weighted by molar-refractivity contribution is 7.99. The van der Waals surface area contributed by atoms with Crippen LogP contribution in [0.1, 0.15) is 24.3 Å². The third-order valence-corrected chi connectivity index (χ3v) is 4.20. The van der Waals surface area contributed by atoms with E-state index in [1.807, 2.05) is 0 Å². The maximum atomic E-state index is 11.1. The van der Waals surface area contributed by atoms with E-state index >= 15 is 0 Å². The second kappa shape index (κ2) is 6.41. The third kappa shape index (κ3) is 3.42. The summed E-state index contributed by atoms with van der Waals surface area (Å²) in [5.41, 5.74) is 0.681. The lowest BCUT2D eigenvalue weighted by atomic mass is 10.3. The Bertz CT molecular complexity index is 684. The highest BCUT2D eigenvalue weighted by Gasteiger charge is 2.20. The average molecular weight is 321 g/mol. The van der Waals surface area contributed by atoms with Gasteiger partial charge in [-0.1, -0.05) is 0 Å². The average Bonchev–Trinajstić information content (AvgIpc) is 3.13.